The van der Waals surface area contributed by atoms with Crippen LogP contribution in [0.25, 0.3) is 0 Å². The van der Waals surface area contributed by atoms with Gasteiger partial charge in [0.1, 0.15) is 18.3 Å². The summed E-state index contributed by atoms with van der Waals surface area (Å²) >= 11 is 0. The molecule has 0 aromatic rings. The Kier molecular flexibility index (Phi) is 21.0. The van der Waals surface area contributed by atoms with Gasteiger partial charge in [-0.1, -0.05) is 84.0 Å². The predicted octanol–water partition coefficient (Wildman–Crippen LogP) is 4.64. The number of hydrogen-bond acceptors (Lipinski definition) is 9. The van der Waals surface area contributed by atoms with Gasteiger partial charge in [0.15, 0.2) is 0 Å². The summed E-state index contributed by atoms with van der Waals surface area (Å²) in [4.78, 5) is 22.9. The second kappa shape index (κ2) is 23.0. The predicted molar refractivity (Wildman–Crippen MR) is 158 cm³/mol. The van der Waals surface area contributed by atoms with Crippen LogP contribution in [-0.4, -0.2) is 80.2 Å². The molecule has 0 spiro atoms. The summed E-state index contributed by atoms with van der Waals surface area (Å²) in [6.45, 7) is 3.59. The van der Waals surface area contributed by atoms with Crippen LogP contribution in [0.4, 0.5) is 0 Å². The van der Waals surface area contributed by atoms with Crippen molar-refractivity contribution in [2.45, 2.75) is 179 Å². The lowest BCUT2D eigenvalue weighted by molar-refractivity contribution is -0.152. The van der Waals surface area contributed by atoms with Crippen molar-refractivity contribution >= 4 is 11.9 Å². The maximum absolute atomic E-state index is 11.6. The molecule has 1 aliphatic rings. The van der Waals surface area contributed by atoms with Crippen LogP contribution in [0.5, 0.6) is 0 Å². The topological polar surface area (TPSA) is 154 Å². The second-order valence-electron chi connectivity index (χ2n) is 11.9. The maximum atomic E-state index is 11.6. The van der Waals surface area contributed by atoms with Crippen LogP contribution in [-0.2, 0) is 19.1 Å². The summed E-state index contributed by atoms with van der Waals surface area (Å²) in [5, 5.41) is 51.2. The molecule has 0 saturated carbocycles. The normalized spacial score (nSPS) is 20.7. The SMILES string of the molecule is CCCCCCCCCCCCCCCC(CC(O)CC(O)CC(O)CC(O)C[C@@H]1OC(=O)C=C[C@@H]1O)OC(C)=O. The molecule has 1 heterocycles. The third-order valence-electron chi connectivity index (χ3n) is 7.71. The van der Waals surface area contributed by atoms with Gasteiger partial charge < -0.3 is 35.0 Å². The van der Waals surface area contributed by atoms with Crippen LogP contribution < -0.4 is 0 Å². The third kappa shape index (κ3) is 20.1. The Labute approximate surface area is 247 Å². The first-order valence-electron chi connectivity index (χ1n) is 16.1. The summed E-state index contributed by atoms with van der Waals surface area (Å²) in [5.74, 6) is -0.996. The zero-order chi connectivity index (χ0) is 30.5. The van der Waals surface area contributed by atoms with Gasteiger partial charge in [0, 0.05) is 25.8 Å². The Bertz CT molecular complexity index is 713. The number of aliphatic hydroxyl groups is 5. The summed E-state index contributed by atoms with van der Waals surface area (Å²) in [6, 6.07) is 0. The number of cyclic esters (lactones) is 1. The van der Waals surface area contributed by atoms with E-state index in [1.807, 2.05) is 0 Å². The lowest BCUT2D eigenvalue weighted by atomic mass is 9.95. The minimum Gasteiger partial charge on any atom is -0.462 e. The van der Waals surface area contributed by atoms with Crippen LogP contribution in [0, 0.1) is 0 Å². The van der Waals surface area contributed by atoms with Crippen molar-refractivity contribution in [1.29, 1.82) is 0 Å². The molecule has 9 nitrogen and oxygen atoms in total. The summed E-state index contributed by atoms with van der Waals surface area (Å²) < 4.78 is 10.4. The maximum Gasteiger partial charge on any atom is 0.330 e. The standard InChI is InChI=1S/C32H58O9/c1-3-4-5-6-7-8-9-10-11-12-13-14-15-16-29(40-24(2)33)22-27(36)20-25(34)19-26(35)21-28(37)23-31-30(38)17-18-32(39)41-31/h17-18,25-31,34-38H,3-16,19-23H2,1-2H3/t25?,26?,27?,28?,29?,30-,31-/m0/s1. The zero-order valence-electron chi connectivity index (χ0n) is 25.5. The molecule has 1 aliphatic heterocycles. The van der Waals surface area contributed by atoms with Crippen molar-refractivity contribution in [2.75, 3.05) is 0 Å². The number of unbranched alkanes of at least 4 members (excludes halogenated alkanes) is 12. The Hall–Kier alpha value is -1.52. The average Bonchev–Trinajstić information content (AvgIpc) is 2.88. The van der Waals surface area contributed by atoms with Crippen molar-refractivity contribution in [1.82, 2.24) is 0 Å². The van der Waals surface area contributed by atoms with Gasteiger partial charge in [0.2, 0.25) is 0 Å². The summed E-state index contributed by atoms with van der Waals surface area (Å²) in [6.07, 6.45) is 13.0. The van der Waals surface area contributed by atoms with Crippen molar-refractivity contribution < 1.29 is 44.6 Å². The molecule has 0 bridgehead atoms. The molecule has 0 radical (unpaired) electrons. The van der Waals surface area contributed by atoms with Crippen LogP contribution in [0.2, 0.25) is 0 Å². The van der Waals surface area contributed by atoms with E-state index in [1.54, 1.807) is 0 Å². The van der Waals surface area contributed by atoms with Crippen LogP contribution in [0.1, 0.15) is 136 Å². The van der Waals surface area contributed by atoms with E-state index < -0.39 is 54.7 Å². The van der Waals surface area contributed by atoms with Gasteiger partial charge in [0.05, 0.1) is 24.4 Å². The first-order chi connectivity index (χ1) is 19.6. The molecule has 0 aliphatic carbocycles. The van der Waals surface area contributed by atoms with Gasteiger partial charge in [-0.3, -0.25) is 4.79 Å². The van der Waals surface area contributed by atoms with Gasteiger partial charge >= 0.3 is 11.9 Å². The number of rotatable bonds is 25. The molecular formula is C32H58O9. The fraction of sp³-hybridized carbons (Fsp3) is 0.875. The number of carbonyl (C=O) groups excluding carboxylic acids is 2. The minimum absolute atomic E-state index is 0.00721. The van der Waals surface area contributed by atoms with Crippen molar-refractivity contribution in [3.63, 3.8) is 0 Å². The van der Waals surface area contributed by atoms with Gasteiger partial charge in [-0.25, -0.2) is 4.79 Å². The molecule has 5 N–H and O–H groups in total. The van der Waals surface area contributed by atoms with E-state index in [2.05, 4.69) is 6.92 Å². The first-order valence-corrected chi connectivity index (χ1v) is 16.1. The molecule has 5 unspecified atom stereocenters. The number of hydrogen-bond donors (Lipinski definition) is 5. The molecule has 0 fully saturated rings. The van der Waals surface area contributed by atoms with E-state index in [0.29, 0.717) is 6.42 Å². The molecule has 9 heteroatoms. The van der Waals surface area contributed by atoms with Crippen molar-refractivity contribution in [3.8, 4) is 0 Å². The Morgan fingerprint density at radius 1 is 0.780 bits per heavy atom. The molecule has 1 rings (SSSR count). The van der Waals surface area contributed by atoms with E-state index in [4.69, 9.17) is 9.47 Å². The highest BCUT2D eigenvalue weighted by Gasteiger charge is 2.29. The highest BCUT2D eigenvalue weighted by molar-refractivity contribution is 5.83. The highest BCUT2D eigenvalue weighted by Crippen LogP contribution is 2.21. The molecular weight excluding hydrogens is 528 g/mol. The summed E-state index contributed by atoms with van der Waals surface area (Å²) in [5.41, 5.74) is 0. The molecule has 0 amide bonds. The Balaban J connectivity index is 2.21. The largest absolute Gasteiger partial charge is 0.462 e. The van der Waals surface area contributed by atoms with Crippen molar-refractivity contribution in [2.24, 2.45) is 0 Å². The molecule has 41 heavy (non-hydrogen) atoms. The fourth-order valence-electron chi connectivity index (χ4n) is 5.49. The Morgan fingerprint density at radius 3 is 1.76 bits per heavy atom. The number of aliphatic hydroxyl groups excluding tert-OH is 5. The highest BCUT2D eigenvalue weighted by atomic mass is 16.6. The van der Waals surface area contributed by atoms with Gasteiger partial charge in [0.25, 0.3) is 0 Å². The minimum atomic E-state index is -1.05. The zero-order valence-corrected chi connectivity index (χ0v) is 25.5. The van der Waals surface area contributed by atoms with Gasteiger partial charge in [-0.05, 0) is 38.2 Å². The van der Waals surface area contributed by atoms with Gasteiger partial charge in [-0.15, -0.1) is 0 Å². The number of ether oxygens (including phenoxy) is 2. The van der Waals surface area contributed by atoms with E-state index >= 15 is 0 Å². The number of esters is 2. The third-order valence-corrected chi connectivity index (χ3v) is 7.71. The monoisotopic (exact) mass is 586 g/mol. The van der Waals surface area contributed by atoms with E-state index in [-0.39, 0.29) is 32.1 Å². The average molecular weight is 587 g/mol. The fourth-order valence-corrected chi connectivity index (χ4v) is 5.49. The summed E-state index contributed by atoms with van der Waals surface area (Å²) in [7, 11) is 0. The van der Waals surface area contributed by atoms with Crippen molar-refractivity contribution in [3.05, 3.63) is 12.2 Å². The second-order valence-corrected chi connectivity index (χ2v) is 11.9. The quantitative estimate of drug-likeness (QED) is 0.0760. The van der Waals surface area contributed by atoms with E-state index in [0.717, 1.165) is 25.3 Å². The number of carbonyl (C=O) groups is 2. The molecule has 240 valence electrons. The van der Waals surface area contributed by atoms with Gasteiger partial charge in [-0.2, -0.15) is 0 Å². The smallest absolute Gasteiger partial charge is 0.330 e. The molecule has 7 atom stereocenters. The van der Waals surface area contributed by atoms with Crippen LogP contribution >= 0.6 is 0 Å². The lowest BCUT2D eigenvalue weighted by Crippen LogP contribution is -2.37. The van der Waals surface area contributed by atoms with E-state index in [1.165, 1.54) is 77.2 Å². The molecule has 0 aromatic carbocycles. The lowest BCUT2D eigenvalue weighted by Gasteiger charge is -2.27. The molecule has 0 saturated heterocycles. The first kappa shape index (κ1) is 37.5. The van der Waals surface area contributed by atoms with Crippen LogP contribution in [0.15, 0.2) is 12.2 Å². The van der Waals surface area contributed by atoms with Crippen LogP contribution in [0.3, 0.4) is 0 Å². The van der Waals surface area contributed by atoms with E-state index in [9.17, 15) is 35.1 Å². The Morgan fingerprint density at radius 2 is 1.24 bits per heavy atom. The molecule has 0 aromatic heterocycles.